The van der Waals surface area contributed by atoms with Crippen LogP contribution in [-0.4, -0.2) is 44.1 Å². The standard InChI is InChI=1S/C9H11N5O4/c10-9-12-7-6(8(16)13-9)11-3-14(7)4-2-17-5(1-15)18-4/h3-5,15H,1-2H2,(H3,10,12,13,16)/t4-,5-/m1/s1. The van der Waals surface area contributed by atoms with Crippen LogP contribution in [0.5, 0.6) is 0 Å². The van der Waals surface area contributed by atoms with Crippen LogP contribution in [0.3, 0.4) is 0 Å². The highest BCUT2D eigenvalue weighted by atomic mass is 16.7. The second kappa shape index (κ2) is 4.05. The van der Waals surface area contributed by atoms with Gasteiger partial charge in [-0.1, -0.05) is 0 Å². The Bertz CT molecular complexity index is 635. The molecule has 0 spiro atoms. The van der Waals surface area contributed by atoms with Crippen molar-refractivity contribution in [1.82, 2.24) is 19.5 Å². The maximum atomic E-state index is 11.6. The third kappa shape index (κ3) is 1.65. The monoisotopic (exact) mass is 253 g/mol. The van der Waals surface area contributed by atoms with Gasteiger partial charge in [-0.3, -0.25) is 14.3 Å². The van der Waals surface area contributed by atoms with Gasteiger partial charge in [0.25, 0.3) is 5.56 Å². The second-order valence-corrected chi connectivity index (χ2v) is 3.81. The summed E-state index contributed by atoms with van der Waals surface area (Å²) in [4.78, 5) is 21.9. The molecule has 1 aliphatic rings. The van der Waals surface area contributed by atoms with Crippen LogP contribution < -0.4 is 11.3 Å². The molecular formula is C9H11N5O4. The number of rotatable bonds is 2. The third-order valence-corrected chi connectivity index (χ3v) is 2.64. The number of aromatic nitrogens is 4. The van der Waals surface area contributed by atoms with Crippen LogP contribution >= 0.6 is 0 Å². The number of nitrogens with zero attached hydrogens (tertiary/aromatic N) is 3. The van der Waals surface area contributed by atoms with Crippen molar-refractivity contribution in [3.05, 3.63) is 16.7 Å². The first-order valence-corrected chi connectivity index (χ1v) is 5.29. The van der Waals surface area contributed by atoms with E-state index in [1.165, 1.54) is 6.33 Å². The normalized spacial score (nSPS) is 23.8. The number of nitrogens with one attached hydrogen (secondary N) is 1. The van der Waals surface area contributed by atoms with E-state index in [0.29, 0.717) is 5.65 Å². The van der Waals surface area contributed by atoms with Gasteiger partial charge in [0.2, 0.25) is 5.95 Å². The van der Waals surface area contributed by atoms with Gasteiger partial charge in [0.05, 0.1) is 19.5 Å². The molecule has 9 nitrogen and oxygen atoms in total. The first-order valence-electron chi connectivity index (χ1n) is 5.29. The Balaban J connectivity index is 2.05. The van der Waals surface area contributed by atoms with Crippen molar-refractivity contribution in [2.75, 3.05) is 18.9 Å². The minimum atomic E-state index is -0.674. The summed E-state index contributed by atoms with van der Waals surface area (Å²) in [6.45, 7) is 0.00432. The summed E-state index contributed by atoms with van der Waals surface area (Å²) in [6.07, 6.45) is 0.271. The minimum absolute atomic E-state index is 0.00636. The van der Waals surface area contributed by atoms with Gasteiger partial charge in [-0.2, -0.15) is 4.98 Å². The molecule has 0 unspecified atom stereocenters. The lowest BCUT2D eigenvalue weighted by Crippen LogP contribution is -2.16. The lowest BCUT2D eigenvalue weighted by molar-refractivity contribution is -0.0980. The summed E-state index contributed by atoms with van der Waals surface area (Å²) in [5.41, 5.74) is 5.58. The molecule has 0 bridgehead atoms. The van der Waals surface area contributed by atoms with Gasteiger partial charge >= 0.3 is 0 Å². The lowest BCUT2D eigenvalue weighted by Gasteiger charge is -2.11. The summed E-state index contributed by atoms with van der Waals surface area (Å²) in [6, 6.07) is 0. The Kier molecular flexibility index (Phi) is 2.51. The zero-order valence-corrected chi connectivity index (χ0v) is 9.24. The van der Waals surface area contributed by atoms with Crippen molar-refractivity contribution in [2.45, 2.75) is 12.5 Å². The number of aliphatic hydroxyl groups excluding tert-OH is 1. The van der Waals surface area contributed by atoms with E-state index in [4.69, 9.17) is 20.3 Å². The van der Waals surface area contributed by atoms with Crippen molar-refractivity contribution in [3.8, 4) is 0 Å². The molecule has 1 saturated heterocycles. The van der Waals surface area contributed by atoms with E-state index < -0.39 is 18.1 Å². The fraction of sp³-hybridized carbons (Fsp3) is 0.444. The van der Waals surface area contributed by atoms with Gasteiger partial charge < -0.3 is 20.3 Å². The van der Waals surface area contributed by atoms with Crippen molar-refractivity contribution < 1.29 is 14.6 Å². The van der Waals surface area contributed by atoms with Crippen molar-refractivity contribution in [1.29, 1.82) is 0 Å². The van der Waals surface area contributed by atoms with Gasteiger partial charge in [0.1, 0.15) is 0 Å². The number of H-pyrrole nitrogens is 1. The molecule has 2 atom stereocenters. The van der Waals surface area contributed by atoms with Crippen LogP contribution in [0.4, 0.5) is 5.95 Å². The summed E-state index contributed by atoms with van der Waals surface area (Å²) in [5, 5.41) is 8.92. The van der Waals surface area contributed by atoms with E-state index in [1.807, 2.05) is 0 Å². The molecule has 18 heavy (non-hydrogen) atoms. The van der Waals surface area contributed by atoms with Crippen LogP contribution in [0.25, 0.3) is 11.2 Å². The summed E-state index contributed by atoms with van der Waals surface area (Å²) in [7, 11) is 0. The third-order valence-electron chi connectivity index (χ3n) is 2.64. The summed E-state index contributed by atoms with van der Waals surface area (Å²) >= 11 is 0. The van der Waals surface area contributed by atoms with Crippen LogP contribution in [0, 0.1) is 0 Å². The van der Waals surface area contributed by atoms with E-state index >= 15 is 0 Å². The Hall–Kier alpha value is -1.97. The number of anilines is 1. The van der Waals surface area contributed by atoms with E-state index in [2.05, 4.69) is 15.0 Å². The summed E-state index contributed by atoms with van der Waals surface area (Å²) in [5.74, 6) is 0.00636. The van der Waals surface area contributed by atoms with Crippen LogP contribution in [-0.2, 0) is 9.47 Å². The van der Waals surface area contributed by atoms with Crippen LogP contribution in [0.1, 0.15) is 6.23 Å². The Morgan fingerprint density at radius 2 is 2.50 bits per heavy atom. The maximum absolute atomic E-state index is 11.6. The maximum Gasteiger partial charge on any atom is 0.280 e. The number of hydrogen-bond acceptors (Lipinski definition) is 7. The average molecular weight is 253 g/mol. The molecule has 2 aromatic heterocycles. The molecular weight excluding hydrogens is 242 g/mol. The molecule has 9 heteroatoms. The number of imidazole rings is 1. The van der Waals surface area contributed by atoms with Gasteiger partial charge in [-0.15, -0.1) is 0 Å². The number of nitrogen functional groups attached to an aromatic ring is 1. The quantitative estimate of drug-likeness (QED) is 0.598. The average Bonchev–Trinajstić information content (AvgIpc) is 2.93. The van der Waals surface area contributed by atoms with Gasteiger partial charge in [-0.05, 0) is 0 Å². The Labute approximate surface area is 100 Å². The molecule has 0 amide bonds. The van der Waals surface area contributed by atoms with Crippen LogP contribution in [0.2, 0.25) is 0 Å². The summed E-state index contributed by atoms with van der Waals surface area (Å²) < 4.78 is 12.1. The molecule has 0 radical (unpaired) electrons. The molecule has 0 aliphatic carbocycles. The Morgan fingerprint density at radius 3 is 3.22 bits per heavy atom. The van der Waals surface area contributed by atoms with Crippen molar-refractivity contribution in [3.63, 3.8) is 0 Å². The predicted molar refractivity (Wildman–Crippen MR) is 59.5 cm³/mol. The highest BCUT2D eigenvalue weighted by Crippen LogP contribution is 2.23. The largest absolute Gasteiger partial charge is 0.391 e. The van der Waals surface area contributed by atoms with Gasteiger partial charge in [-0.25, -0.2) is 4.98 Å². The molecule has 1 aliphatic heterocycles. The zero-order valence-electron chi connectivity index (χ0n) is 9.24. The smallest absolute Gasteiger partial charge is 0.280 e. The molecule has 0 saturated carbocycles. The van der Waals surface area contributed by atoms with Crippen molar-refractivity contribution in [2.24, 2.45) is 0 Å². The van der Waals surface area contributed by atoms with E-state index in [1.54, 1.807) is 4.57 Å². The lowest BCUT2D eigenvalue weighted by atomic mass is 10.5. The Morgan fingerprint density at radius 1 is 1.67 bits per heavy atom. The molecule has 0 aromatic carbocycles. The van der Waals surface area contributed by atoms with Gasteiger partial charge in [0, 0.05) is 0 Å². The van der Waals surface area contributed by atoms with Crippen LogP contribution in [0.15, 0.2) is 11.1 Å². The molecule has 3 heterocycles. The fourth-order valence-electron chi connectivity index (χ4n) is 1.84. The number of nitrogens with two attached hydrogens (primary N) is 1. The number of ether oxygens (including phenoxy) is 2. The molecule has 3 rings (SSSR count). The molecule has 96 valence electrons. The first-order chi connectivity index (χ1) is 8.69. The van der Waals surface area contributed by atoms with E-state index in [-0.39, 0.29) is 24.7 Å². The highest BCUT2D eigenvalue weighted by Gasteiger charge is 2.28. The number of aliphatic hydroxyl groups is 1. The minimum Gasteiger partial charge on any atom is -0.391 e. The molecule has 4 N–H and O–H groups in total. The highest BCUT2D eigenvalue weighted by molar-refractivity contribution is 5.70. The van der Waals surface area contributed by atoms with Gasteiger partial charge in [0.15, 0.2) is 23.7 Å². The number of aromatic amines is 1. The molecule has 2 aromatic rings. The number of fused-ring (bicyclic) bond motifs is 1. The van der Waals surface area contributed by atoms with Crippen molar-refractivity contribution >= 4 is 17.1 Å². The second-order valence-electron chi connectivity index (χ2n) is 3.81. The predicted octanol–water partition coefficient (Wildman–Crippen LogP) is -1.43. The molecule has 1 fully saturated rings. The van der Waals surface area contributed by atoms with E-state index in [9.17, 15) is 4.79 Å². The number of hydrogen-bond donors (Lipinski definition) is 3. The zero-order chi connectivity index (χ0) is 12.7. The first kappa shape index (κ1) is 11.1. The fourth-order valence-corrected chi connectivity index (χ4v) is 1.84. The van der Waals surface area contributed by atoms with E-state index in [0.717, 1.165) is 0 Å². The SMILES string of the molecule is Nc1nc2c(ncn2[C@H]2CO[C@@H](CO)O2)c(=O)[nH]1. The topological polar surface area (TPSA) is 128 Å².